The molecule has 6 heteroatoms. The molecule has 35 heavy (non-hydrogen) atoms. The molecule has 0 aromatic heterocycles. The van der Waals surface area contributed by atoms with Gasteiger partial charge in [-0.25, -0.2) is 9.38 Å². The summed E-state index contributed by atoms with van der Waals surface area (Å²) in [6.07, 6.45) is 7.66. The second-order valence-electron chi connectivity index (χ2n) is 8.82. The number of amides is 1. The van der Waals surface area contributed by atoms with Gasteiger partial charge in [0.1, 0.15) is 5.82 Å². The number of aliphatic imine (C=N–C) groups is 1. The molecular weight excluding hydrogens is 479 g/mol. The van der Waals surface area contributed by atoms with Crippen molar-refractivity contribution in [2.24, 2.45) is 4.99 Å². The fraction of sp³-hybridized carbons (Fsp3) is 0.172. The third kappa shape index (κ3) is 5.26. The first kappa shape index (κ1) is 23.6. The van der Waals surface area contributed by atoms with E-state index in [0.717, 1.165) is 28.2 Å². The summed E-state index contributed by atoms with van der Waals surface area (Å²) in [6.45, 7) is 2.50. The maximum absolute atomic E-state index is 14.8. The van der Waals surface area contributed by atoms with Crippen LogP contribution in [-0.4, -0.2) is 23.0 Å². The summed E-state index contributed by atoms with van der Waals surface area (Å²) < 4.78 is 14.8. The Morgan fingerprint density at radius 2 is 1.86 bits per heavy atom. The number of rotatable bonds is 5. The molecule has 3 aromatic rings. The Labute approximate surface area is 213 Å². The smallest absolute Gasteiger partial charge is 0.251 e. The van der Waals surface area contributed by atoms with Gasteiger partial charge in [-0.05, 0) is 56.2 Å². The van der Waals surface area contributed by atoms with Gasteiger partial charge in [-0.1, -0.05) is 65.9 Å². The summed E-state index contributed by atoms with van der Waals surface area (Å²) in [4.78, 5) is 19.4. The van der Waals surface area contributed by atoms with Gasteiger partial charge in [0.25, 0.3) is 5.91 Å². The van der Waals surface area contributed by atoms with Crippen LogP contribution in [0.3, 0.4) is 0 Å². The zero-order valence-electron chi connectivity index (χ0n) is 19.2. The molecule has 3 nitrogen and oxygen atoms in total. The molecule has 0 saturated heterocycles. The molecule has 2 aliphatic rings. The van der Waals surface area contributed by atoms with E-state index in [2.05, 4.69) is 11.4 Å². The molecule has 1 N–H and O–H groups in total. The molecule has 0 fully saturated rings. The molecular formula is C29H24ClFN2OS. The highest BCUT2D eigenvalue weighted by Crippen LogP contribution is 2.41. The van der Waals surface area contributed by atoms with Crippen LogP contribution in [0.5, 0.6) is 0 Å². The highest BCUT2D eigenvalue weighted by molar-refractivity contribution is 7.99. The van der Waals surface area contributed by atoms with Crippen LogP contribution in [0.25, 0.3) is 0 Å². The maximum Gasteiger partial charge on any atom is 0.251 e. The first-order valence-electron chi connectivity index (χ1n) is 11.5. The van der Waals surface area contributed by atoms with Crippen LogP contribution in [0, 0.1) is 5.82 Å². The second kappa shape index (κ2) is 9.84. The number of alkyl halides is 1. The minimum absolute atomic E-state index is 0.162. The van der Waals surface area contributed by atoms with Crippen molar-refractivity contribution in [2.75, 3.05) is 6.54 Å². The van der Waals surface area contributed by atoms with Gasteiger partial charge in [0, 0.05) is 33.0 Å². The summed E-state index contributed by atoms with van der Waals surface area (Å²) in [7, 11) is 0. The molecule has 0 radical (unpaired) electrons. The Morgan fingerprint density at radius 1 is 1.09 bits per heavy atom. The highest BCUT2D eigenvalue weighted by atomic mass is 35.5. The lowest BCUT2D eigenvalue weighted by Gasteiger charge is -2.20. The summed E-state index contributed by atoms with van der Waals surface area (Å²) in [6, 6.07) is 20.0. The van der Waals surface area contributed by atoms with Crippen LogP contribution < -0.4 is 5.32 Å². The van der Waals surface area contributed by atoms with Gasteiger partial charge in [-0.3, -0.25) is 4.79 Å². The number of allylic oxidation sites excluding steroid dienone is 3. The third-order valence-electron chi connectivity index (χ3n) is 6.05. The molecule has 0 spiro atoms. The van der Waals surface area contributed by atoms with Crippen LogP contribution in [0.2, 0.25) is 0 Å². The van der Waals surface area contributed by atoms with Gasteiger partial charge in [-0.2, -0.15) is 0 Å². The summed E-state index contributed by atoms with van der Waals surface area (Å²) >= 11 is 7.89. The largest absolute Gasteiger partial charge is 0.352 e. The van der Waals surface area contributed by atoms with Crippen LogP contribution in [0.4, 0.5) is 10.1 Å². The van der Waals surface area contributed by atoms with E-state index < -0.39 is 0 Å². The fourth-order valence-corrected chi connectivity index (χ4v) is 5.24. The van der Waals surface area contributed by atoms with E-state index in [1.54, 1.807) is 36.0 Å². The SMILES string of the molecule is CC1(Cl)C=CC(CCNC(=O)c2ccc3c(c2)N=C(c2ccccc2F)c2ccccc2S3)=CC1. The first-order chi connectivity index (χ1) is 16.9. The molecule has 3 aromatic carbocycles. The quantitative estimate of drug-likeness (QED) is 0.288. The normalized spacial score (nSPS) is 18.6. The molecule has 1 amide bonds. The van der Waals surface area contributed by atoms with Gasteiger partial charge < -0.3 is 5.32 Å². The number of nitrogens with zero attached hydrogens (tertiary/aromatic N) is 1. The van der Waals surface area contributed by atoms with Crippen molar-refractivity contribution in [1.29, 1.82) is 0 Å². The Kier molecular flexibility index (Phi) is 6.63. The third-order valence-corrected chi connectivity index (χ3v) is 7.47. The average Bonchev–Trinajstić information content (AvgIpc) is 3.01. The van der Waals surface area contributed by atoms with E-state index in [9.17, 15) is 9.18 Å². The van der Waals surface area contributed by atoms with Gasteiger partial charge in [0.05, 0.1) is 16.3 Å². The maximum atomic E-state index is 14.8. The predicted molar refractivity (Wildman–Crippen MR) is 142 cm³/mol. The van der Waals surface area contributed by atoms with E-state index in [-0.39, 0.29) is 16.6 Å². The predicted octanol–water partition coefficient (Wildman–Crippen LogP) is 7.46. The van der Waals surface area contributed by atoms with Crippen molar-refractivity contribution in [1.82, 2.24) is 5.32 Å². The summed E-state index contributed by atoms with van der Waals surface area (Å²) in [5.41, 5.74) is 4.20. The first-order valence-corrected chi connectivity index (χ1v) is 12.7. The lowest BCUT2D eigenvalue weighted by atomic mass is 9.96. The van der Waals surface area contributed by atoms with Crippen molar-refractivity contribution in [3.8, 4) is 0 Å². The molecule has 1 aliphatic carbocycles. The van der Waals surface area contributed by atoms with Crippen molar-refractivity contribution in [2.45, 2.75) is 34.4 Å². The van der Waals surface area contributed by atoms with Crippen molar-refractivity contribution in [3.63, 3.8) is 0 Å². The van der Waals surface area contributed by atoms with Crippen LogP contribution >= 0.6 is 23.4 Å². The second-order valence-corrected chi connectivity index (χ2v) is 10.8. The number of hydrogen-bond donors (Lipinski definition) is 1. The Hall–Kier alpha value is -3.15. The van der Waals surface area contributed by atoms with Crippen molar-refractivity contribution >= 4 is 40.7 Å². The minimum atomic E-state index is -0.330. The summed E-state index contributed by atoms with van der Waals surface area (Å²) in [5, 5.41) is 3.00. The molecule has 0 bridgehead atoms. The average molecular weight is 503 g/mol. The Balaban J connectivity index is 1.40. The number of hydrogen-bond acceptors (Lipinski definition) is 3. The fourth-order valence-electron chi connectivity index (χ4n) is 4.10. The van der Waals surface area contributed by atoms with Gasteiger partial charge in [-0.15, -0.1) is 11.6 Å². The van der Waals surface area contributed by atoms with E-state index in [1.807, 2.05) is 55.5 Å². The number of benzene rings is 3. The van der Waals surface area contributed by atoms with Gasteiger partial charge >= 0.3 is 0 Å². The van der Waals surface area contributed by atoms with E-state index >= 15 is 0 Å². The molecule has 1 atom stereocenters. The van der Waals surface area contributed by atoms with Crippen LogP contribution in [0.1, 0.15) is 41.3 Å². The van der Waals surface area contributed by atoms with Crippen molar-refractivity contribution < 1.29 is 9.18 Å². The number of fused-ring (bicyclic) bond motifs is 2. The van der Waals surface area contributed by atoms with Crippen molar-refractivity contribution in [3.05, 3.63) is 113 Å². The monoisotopic (exact) mass is 502 g/mol. The lowest BCUT2D eigenvalue weighted by Crippen LogP contribution is -2.25. The number of carbonyl (C=O) groups is 1. The Morgan fingerprint density at radius 3 is 2.63 bits per heavy atom. The van der Waals surface area contributed by atoms with E-state index in [0.29, 0.717) is 29.1 Å². The van der Waals surface area contributed by atoms with Crippen LogP contribution in [0.15, 0.2) is 105 Å². The molecule has 176 valence electrons. The minimum Gasteiger partial charge on any atom is -0.352 e. The molecule has 0 saturated carbocycles. The standard InChI is InChI=1S/C29H24ClFN2OS/c1-29(30)15-12-19(13-16-29)14-17-32-28(34)20-10-11-26-24(18-20)33-27(21-6-2-4-8-23(21)31)22-7-3-5-9-25(22)35-26/h2-13,15,18H,14,16-17H2,1H3,(H,32,34). The topological polar surface area (TPSA) is 41.5 Å². The summed E-state index contributed by atoms with van der Waals surface area (Å²) in [5.74, 6) is -0.492. The number of nitrogens with one attached hydrogen (secondary N) is 1. The van der Waals surface area contributed by atoms with Gasteiger partial charge in [0.15, 0.2) is 0 Å². The lowest BCUT2D eigenvalue weighted by molar-refractivity contribution is 0.0954. The molecule has 5 rings (SSSR count). The van der Waals surface area contributed by atoms with E-state index in [4.69, 9.17) is 16.6 Å². The zero-order valence-corrected chi connectivity index (χ0v) is 20.8. The number of carbonyl (C=O) groups excluding carboxylic acids is 1. The van der Waals surface area contributed by atoms with Crippen LogP contribution in [-0.2, 0) is 0 Å². The number of halogens is 2. The molecule has 1 aliphatic heterocycles. The molecule has 1 heterocycles. The highest BCUT2D eigenvalue weighted by Gasteiger charge is 2.22. The zero-order chi connectivity index (χ0) is 24.4. The molecule has 1 unspecified atom stereocenters. The van der Waals surface area contributed by atoms with Gasteiger partial charge in [0.2, 0.25) is 0 Å². The Bertz CT molecular complexity index is 1390. The van der Waals surface area contributed by atoms with E-state index in [1.165, 1.54) is 11.6 Å².